The second kappa shape index (κ2) is 8.55. The molecule has 0 saturated heterocycles. The minimum atomic E-state index is -0.158. The molecule has 6 nitrogen and oxygen atoms in total. The van der Waals surface area contributed by atoms with Gasteiger partial charge in [-0.3, -0.25) is 10.1 Å². The summed E-state index contributed by atoms with van der Waals surface area (Å²) in [4.78, 5) is 4.34. The van der Waals surface area contributed by atoms with Gasteiger partial charge in [-0.15, -0.1) is 0 Å². The molecule has 2 heterocycles. The first kappa shape index (κ1) is 19.9. The molecule has 1 atom stereocenters. The van der Waals surface area contributed by atoms with Crippen LogP contribution in [0.25, 0.3) is 22.0 Å². The molecule has 2 aromatic heterocycles. The van der Waals surface area contributed by atoms with Crippen molar-refractivity contribution in [3.8, 4) is 22.6 Å². The smallest absolute Gasteiger partial charge is 0.138 e. The second-order valence-corrected chi connectivity index (χ2v) is 7.58. The predicted molar refractivity (Wildman–Crippen MR) is 119 cm³/mol. The van der Waals surface area contributed by atoms with Crippen LogP contribution in [0.2, 0.25) is 0 Å². The van der Waals surface area contributed by atoms with Crippen LogP contribution in [-0.2, 0) is 6.42 Å². The van der Waals surface area contributed by atoms with Gasteiger partial charge in [-0.25, -0.2) is 0 Å². The Balaban J connectivity index is 1.45. The van der Waals surface area contributed by atoms with Crippen LogP contribution < -0.4 is 15.2 Å². The maximum Gasteiger partial charge on any atom is 0.138 e. The standard InChI is InChI=1S/C24H26N4O2/c1-15-4-7-24(29-3)18(8-15)9-20(25)14-30-21-10-19(12-26-13-21)17-5-6-23-22(11-17)16(2)27-28-23/h4-8,10-13,20H,9,14,25H2,1-3H3,(H,27,28). The number of fused-ring (bicyclic) bond motifs is 1. The number of hydrogen-bond donors (Lipinski definition) is 2. The van der Waals surface area contributed by atoms with Crippen LogP contribution in [0.15, 0.2) is 54.9 Å². The maximum absolute atomic E-state index is 6.33. The Morgan fingerprint density at radius 1 is 1.03 bits per heavy atom. The highest BCUT2D eigenvalue weighted by atomic mass is 16.5. The number of ether oxygens (including phenoxy) is 2. The lowest BCUT2D eigenvalue weighted by Crippen LogP contribution is -2.30. The van der Waals surface area contributed by atoms with E-state index in [1.54, 1.807) is 13.3 Å². The number of rotatable bonds is 7. The van der Waals surface area contributed by atoms with Crippen molar-refractivity contribution in [3.05, 3.63) is 71.7 Å². The zero-order chi connectivity index (χ0) is 21.1. The van der Waals surface area contributed by atoms with Gasteiger partial charge < -0.3 is 15.2 Å². The van der Waals surface area contributed by atoms with E-state index >= 15 is 0 Å². The van der Waals surface area contributed by atoms with Crippen molar-refractivity contribution in [2.45, 2.75) is 26.3 Å². The molecule has 0 aliphatic carbocycles. The molecule has 6 heteroatoms. The summed E-state index contributed by atoms with van der Waals surface area (Å²) in [5.41, 5.74) is 12.7. The first-order chi connectivity index (χ1) is 14.5. The van der Waals surface area contributed by atoms with Crippen LogP contribution in [0.4, 0.5) is 0 Å². The summed E-state index contributed by atoms with van der Waals surface area (Å²) in [7, 11) is 1.68. The fraction of sp³-hybridized carbons (Fsp3) is 0.250. The van der Waals surface area contributed by atoms with E-state index in [1.165, 1.54) is 5.56 Å². The topological polar surface area (TPSA) is 86.1 Å². The van der Waals surface area contributed by atoms with Crippen LogP contribution >= 0.6 is 0 Å². The first-order valence-electron chi connectivity index (χ1n) is 9.95. The third-order valence-corrected chi connectivity index (χ3v) is 5.17. The zero-order valence-corrected chi connectivity index (χ0v) is 17.5. The van der Waals surface area contributed by atoms with Crippen LogP contribution in [0, 0.1) is 13.8 Å². The molecule has 30 heavy (non-hydrogen) atoms. The fourth-order valence-electron chi connectivity index (χ4n) is 3.58. The van der Waals surface area contributed by atoms with Crippen molar-refractivity contribution in [1.29, 1.82) is 0 Å². The average Bonchev–Trinajstić information content (AvgIpc) is 3.13. The van der Waals surface area contributed by atoms with E-state index in [4.69, 9.17) is 15.2 Å². The van der Waals surface area contributed by atoms with Crippen molar-refractivity contribution < 1.29 is 9.47 Å². The van der Waals surface area contributed by atoms with Gasteiger partial charge in [0.05, 0.1) is 18.8 Å². The molecule has 3 N–H and O–H groups in total. The van der Waals surface area contributed by atoms with E-state index in [0.29, 0.717) is 18.8 Å². The van der Waals surface area contributed by atoms with Gasteiger partial charge >= 0.3 is 0 Å². The molecule has 154 valence electrons. The monoisotopic (exact) mass is 402 g/mol. The number of nitrogens with zero attached hydrogens (tertiary/aromatic N) is 2. The summed E-state index contributed by atoms with van der Waals surface area (Å²) in [6.07, 6.45) is 4.22. The van der Waals surface area contributed by atoms with Gasteiger partial charge in [0, 0.05) is 28.9 Å². The van der Waals surface area contributed by atoms with E-state index in [2.05, 4.69) is 34.2 Å². The average molecular weight is 402 g/mol. The van der Waals surface area contributed by atoms with Gasteiger partial charge in [0.25, 0.3) is 0 Å². The molecule has 0 amide bonds. The number of nitrogens with two attached hydrogens (primary N) is 1. The maximum atomic E-state index is 6.33. The summed E-state index contributed by atoms with van der Waals surface area (Å²) in [5, 5.41) is 8.41. The summed E-state index contributed by atoms with van der Waals surface area (Å²) >= 11 is 0. The van der Waals surface area contributed by atoms with Gasteiger partial charge in [0.15, 0.2) is 0 Å². The van der Waals surface area contributed by atoms with Gasteiger partial charge in [0.2, 0.25) is 0 Å². The summed E-state index contributed by atoms with van der Waals surface area (Å²) in [5.74, 6) is 1.55. The first-order valence-corrected chi connectivity index (χ1v) is 9.95. The van der Waals surface area contributed by atoms with E-state index in [0.717, 1.165) is 39.0 Å². The van der Waals surface area contributed by atoms with Crippen LogP contribution in [0.3, 0.4) is 0 Å². The molecular weight excluding hydrogens is 376 g/mol. The summed E-state index contributed by atoms with van der Waals surface area (Å²) < 4.78 is 11.4. The Labute approximate surface area is 176 Å². The quantitative estimate of drug-likeness (QED) is 0.484. The molecule has 4 rings (SSSR count). The molecule has 2 aromatic carbocycles. The number of hydrogen-bond acceptors (Lipinski definition) is 5. The third kappa shape index (κ3) is 4.28. The Morgan fingerprint density at radius 3 is 2.73 bits per heavy atom. The molecule has 0 radical (unpaired) electrons. The predicted octanol–water partition coefficient (Wildman–Crippen LogP) is 4.20. The van der Waals surface area contributed by atoms with E-state index in [1.807, 2.05) is 43.5 Å². The van der Waals surface area contributed by atoms with Crippen molar-refractivity contribution in [2.24, 2.45) is 5.73 Å². The van der Waals surface area contributed by atoms with Crippen LogP contribution in [0.5, 0.6) is 11.5 Å². The molecule has 4 aromatic rings. The molecule has 0 fully saturated rings. The van der Waals surface area contributed by atoms with Gasteiger partial charge in [-0.2, -0.15) is 5.10 Å². The van der Waals surface area contributed by atoms with Gasteiger partial charge in [-0.05, 0) is 55.7 Å². The number of benzene rings is 2. The second-order valence-electron chi connectivity index (χ2n) is 7.58. The number of aromatic amines is 1. The lowest BCUT2D eigenvalue weighted by atomic mass is 10.0. The SMILES string of the molecule is COc1ccc(C)cc1CC(N)COc1cncc(-c2ccc3n[nH]c(C)c3c2)c1. The molecule has 1 unspecified atom stereocenters. The van der Waals surface area contributed by atoms with Gasteiger partial charge in [0.1, 0.15) is 18.1 Å². The van der Waals surface area contributed by atoms with Crippen molar-refractivity contribution >= 4 is 10.9 Å². The Kier molecular flexibility index (Phi) is 5.68. The normalized spacial score (nSPS) is 12.1. The van der Waals surface area contributed by atoms with Crippen LogP contribution in [-0.4, -0.2) is 34.9 Å². The molecular formula is C24H26N4O2. The number of aromatic nitrogens is 3. The summed E-state index contributed by atoms with van der Waals surface area (Å²) in [6, 6.07) is 14.1. The number of pyridine rings is 1. The Hall–Kier alpha value is -3.38. The van der Waals surface area contributed by atoms with Crippen LogP contribution in [0.1, 0.15) is 16.8 Å². The van der Waals surface area contributed by atoms with E-state index in [-0.39, 0.29) is 6.04 Å². The lowest BCUT2D eigenvalue weighted by Gasteiger charge is -2.16. The highest BCUT2D eigenvalue weighted by Gasteiger charge is 2.11. The minimum Gasteiger partial charge on any atom is -0.496 e. The molecule has 0 saturated carbocycles. The number of H-pyrrole nitrogens is 1. The number of aryl methyl sites for hydroxylation is 2. The summed E-state index contributed by atoms with van der Waals surface area (Å²) in [6.45, 7) is 4.47. The molecule has 0 aliphatic heterocycles. The molecule has 0 bridgehead atoms. The van der Waals surface area contributed by atoms with Gasteiger partial charge in [-0.1, -0.05) is 23.8 Å². The molecule has 0 aliphatic rings. The lowest BCUT2D eigenvalue weighted by molar-refractivity contribution is 0.285. The minimum absolute atomic E-state index is 0.158. The largest absolute Gasteiger partial charge is 0.496 e. The van der Waals surface area contributed by atoms with Crippen molar-refractivity contribution in [2.75, 3.05) is 13.7 Å². The third-order valence-electron chi connectivity index (χ3n) is 5.17. The van der Waals surface area contributed by atoms with E-state index < -0.39 is 0 Å². The fourth-order valence-corrected chi connectivity index (χ4v) is 3.58. The van der Waals surface area contributed by atoms with E-state index in [9.17, 15) is 0 Å². The number of methoxy groups -OCH3 is 1. The van der Waals surface area contributed by atoms with Crippen molar-refractivity contribution in [1.82, 2.24) is 15.2 Å². The highest BCUT2D eigenvalue weighted by molar-refractivity contribution is 5.86. The highest BCUT2D eigenvalue weighted by Crippen LogP contribution is 2.27. The number of nitrogens with one attached hydrogen (secondary N) is 1. The Morgan fingerprint density at radius 2 is 1.90 bits per heavy atom. The van der Waals surface area contributed by atoms with Crippen molar-refractivity contribution in [3.63, 3.8) is 0 Å². The Bertz CT molecular complexity index is 1170. The zero-order valence-electron chi connectivity index (χ0n) is 17.5. The molecule has 0 spiro atoms.